The van der Waals surface area contributed by atoms with E-state index < -0.39 is 3.79 Å². The maximum absolute atomic E-state index is 6.05. The molecule has 0 aromatic heterocycles. The lowest BCUT2D eigenvalue weighted by atomic mass is 10.3. The zero-order chi connectivity index (χ0) is 12.9. The molecule has 0 saturated carbocycles. The number of alkyl halides is 3. The van der Waals surface area contributed by atoms with E-state index in [1.54, 1.807) is 6.34 Å². The summed E-state index contributed by atoms with van der Waals surface area (Å²) in [5.41, 5.74) is 0. The van der Waals surface area contributed by atoms with Crippen LogP contribution in [-0.4, -0.2) is 39.3 Å². The van der Waals surface area contributed by atoms with Crippen molar-refractivity contribution in [2.75, 3.05) is 13.1 Å². The molecule has 3 nitrogen and oxygen atoms in total. The maximum atomic E-state index is 6.05. The molecule has 0 amide bonds. The van der Waals surface area contributed by atoms with Crippen molar-refractivity contribution in [3.63, 3.8) is 0 Å². The molecule has 0 radical (unpaired) electrons. The normalized spacial score (nSPS) is 20.4. The number of hydrogen-bond acceptors (Lipinski definition) is 3. The van der Waals surface area contributed by atoms with E-state index in [1.165, 1.54) is 0 Å². The van der Waals surface area contributed by atoms with Gasteiger partial charge in [-0.3, -0.25) is 5.01 Å². The van der Waals surface area contributed by atoms with E-state index in [-0.39, 0.29) is 6.17 Å². The Morgan fingerprint density at radius 2 is 1.71 bits per heavy atom. The minimum Gasteiger partial charge on any atom is -0.336 e. The fourth-order valence-corrected chi connectivity index (χ4v) is 2.52. The number of nitrogens with zero attached hydrogens (tertiary/aromatic N) is 3. The van der Waals surface area contributed by atoms with Crippen molar-refractivity contribution in [1.82, 2.24) is 9.91 Å². The Labute approximate surface area is 119 Å². The summed E-state index contributed by atoms with van der Waals surface area (Å²) in [6.45, 7) is 5.99. The van der Waals surface area contributed by atoms with Crippen LogP contribution in [0.2, 0.25) is 0 Å². The van der Waals surface area contributed by atoms with Gasteiger partial charge in [0.2, 0.25) is 3.79 Å². The summed E-state index contributed by atoms with van der Waals surface area (Å²) in [4.78, 5) is 2.02. The second kappa shape index (κ2) is 6.91. The monoisotopic (exact) mass is 299 g/mol. The third kappa shape index (κ3) is 4.38. The van der Waals surface area contributed by atoms with Gasteiger partial charge in [0.1, 0.15) is 6.34 Å². The highest BCUT2D eigenvalue weighted by Gasteiger charge is 2.43. The molecular weight excluding hydrogens is 281 g/mol. The average Bonchev–Trinajstić information content (AvgIpc) is 2.66. The van der Waals surface area contributed by atoms with Crippen LogP contribution in [0.25, 0.3) is 0 Å². The van der Waals surface area contributed by atoms with Gasteiger partial charge < -0.3 is 4.90 Å². The van der Waals surface area contributed by atoms with Crippen LogP contribution in [0.4, 0.5) is 0 Å². The van der Waals surface area contributed by atoms with Gasteiger partial charge >= 0.3 is 0 Å². The molecule has 1 rings (SSSR count). The number of hydrazone groups is 1. The van der Waals surface area contributed by atoms with Crippen molar-refractivity contribution in [2.24, 2.45) is 5.10 Å². The van der Waals surface area contributed by atoms with E-state index in [4.69, 9.17) is 34.8 Å². The molecule has 17 heavy (non-hydrogen) atoms. The molecule has 0 saturated heterocycles. The summed E-state index contributed by atoms with van der Waals surface area (Å²) >= 11 is 18.2. The lowest BCUT2D eigenvalue weighted by Gasteiger charge is -2.35. The van der Waals surface area contributed by atoms with Crippen molar-refractivity contribution in [3.8, 4) is 0 Å². The highest BCUT2D eigenvalue weighted by atomic mass is 35.6. The third-order valence-corrected chi connectivity index (χ3v) is 3.33. The van der Waals surface area contributed by atoms with Crippen LogP contribution < -0.4 is 0 Å². The largest absolute Gasteiger partial charge is 0.336 e. The maximum Gasteiger partial charge on any atom is 0.230 e. The third-order valence-electron chi connectivity index (χ3n) is 2.75. The van der Waals surface area contributed by atoms with E-state index in [0.29, 0.717) is 0 Å². The molecule has 1 atom stereocenters. The van der Waals surface area contributed by atoms with Crippen LogP contribution in [0.3, 0.4) is 0 Å². The van der Waals surface area contributed by atoms with E-state index >= 15 is 0 Å². The summed E-state index contributed by atoms with van der Waals surface area (Å²) in [7, 11) is 0. The fourth-order valence-electron chi connectivity index (χ4n) is 1.81. The van der Waals surface area contributed by atoms with Gasteiger partial charge in [0, 0.05) is 13.1 Å². The number of halogens is 3. The SMILES string of the molecule is CCCCN1C=NN(CCCC)C1C(Cl)(Cl)Cl. The molecule has 0 N–H and O–H groups in total. The molecular formula is C11H20Cl3N3. The van der Waals surface area contributed by atoms with Crippen molar-refractivity contribution < 1.29 is 0 Å². The van der Waals surface area contributed by atoms with Gasteiger partial charge in [-0.05, 0) is 12.8 Å². The number of rotatable bonds is 6. The van der Waals surface area contributed by atoms with Crippen molar-refractivity contribution in [3.05, 3.63) is 0 Å². The molecule has 0 aromatic carbocycles. The lowest BCUT2D eigenvalue weighted by molar-refractivity contribution is 0.131. The highest BCUT2D eigenvalue weighted by Crippen LogP contribution is 2.37. The van der Waals surface area contributed by atoms with Crippen LogP contribution in [0.1, 0.15) is 39.5 Å². The Morgan fingerprint density at radius 1 is 1.12 bits per heavy atom. The summed E-state index contributed by atoms with van der Waals surface area (Å²) in [5.74, 6) is 0. The Morgan fingerprint density at radius 3 is 2.24 bits per heavy atom. The van der Waals surface area contributed by atoms with Gasteiger partial charge in [0.15, 0.2) is 6.17 Å². The Balaban J connectivity index is 2.64. The molecule has 1 aliphatic rings. The molecule has 1 unspecified atom stereocenters. The standard InChI is InChI=1S/C11H20Cl3N3/c1-3-5-7-16-9-15-17(8-6-4-2)10(16)11(12,13)14/h9-10H,3-8H2,1-2H3. The molecule has 0 bridgehead atoms. The van der Waals surface area contributed by atoms with Gasteiger partial charge in [-0.1, -0.05) is 61.5 Å². The Bertz CT molecular complexity index is 235. The first-order valence-electron chi connectivity index (χ1n) is 6.14. The van der Waals surface area contributed by atoms with Gasteiger partial charge in [-0.15, -0.1) is 0 Å². The lowest BCUT2D eigenvalue weighted by Crippen LogP contribution is -2.49. The van der Waals surface area contributed by atoms with Crippen LogP contribution in [0.5, 0.6) is 0 Å². The van der Waals surface area contributed by atoms with Crippen LogP contribution in [0.15, 0.2) is 5.10 Å². The van der Waals surface area contributed by atoms with Crippen LogP contribution >= 0.6 is 34.8 Å². The Hall–Kier alpha value is 0.140. The topological polar surface area (TPSA) is 18.8 Å². The average molecular weight is 301 g/mol. The van der Waals surface area contributed by atoms with Gasteiger partial charge in [0.25, 0.3) is 0 Å². The number of hydrogen-bond donors (Lipinski definition) is 0. The molecule has 0 aliphatic carbocycles. The van der Waals surface area contributed by atoms with E-state index in [0.717, 1.165) is 38.8 Å². The van der Waals surface area contributed by atoms with Crippen LogP contribution in [-0.2, 0) is 0 Å². The van der Waals surface area contributed by atoms with E-state index in [9.17, 15) is 0 Å². The summed E-state index contributed by atoms with van der Waals surface area (Å²) in [6, 6.07) is 0. The molecule has 1 aliphatic heterocycles. The molecule has 100 valence electrons. The van der Waals surface area contributed by atoms with Crippen LogP contribution in [0, 0.1) is 0 Å². The summed E-state index contributed by atoms with van der Waals surface area (Å²) in [6.07, 6.45) is 5.86. The van der Waals surface area contributed by atoms with Crippen molar-refractivity contribution in [1.29, 1.82) is 0 Å². The smallest absolute Gasteiger partial charge is 0.230 e. The predicted molar refractivity (Wildman–Crippen MR) is 75.8 cm³/mol. The molecule has 0 fully saturated rings. The minimum atomic E-state index is -1.34. The van der Waals surface area contributed by atoms with E-state index in [1.807, 2.05) is 9.91 Å². The predicted octanol–water partition coefficient (Wildman–Crippen LogP) is 3.84. The van der Waals surface area contributed by atoms with E-state index in [2.05, 4.69) is 18.9 Å². The summed E-state index contributed by atoms with van der Waals surface area (Å²) in [5, 5.41) is 6.22. The molecule has 0 spiro atoms. The first kappa shape index (κ1) is 15.2. The zero-order valence-electron chi connectivity index (χ0n) is 10.4. The minimum absolute atomic E-state index is 0.273. The second-order valence-electron chi connectivity index (χ2n) is 4.25. The Kier molecular flexibility index (Phi) is 6.18. The molecule has 0 aromatic rings. The summed E-state index contributed by atoms with van der Waals surface area (Å²) < 4.78 is -1.34. The number of unbranched alkanes of at least 4 members (excludes halogenated alkanes) is 2. The first-order valence-corrected chi connectivity index (χ1v) is 7.27. The van der Waals surface area contributed by atoms with Crippen molar-refractivity contribution in [2.45, 2.75) is 49.5 Å². The quantitative estimate of drug-likeness (QED) is 0.694. The van der Waals surface area contributed by atoms with Crippen molar-refractivity contribution >= 4 is 41.1 Å². The fraction of sp³-hybridized carbons (Fsp3) is 0.909. The van der Waals surface area contributed by atoms with Gasteiger partial charge in [-0.25, -0.2) is 0 Å². The zero-order valence-corrected chi connectivity index (χ0v) is 12.6. The van der Waals surface area contributed by atoms with Gasteiger partial charge in [0.05, 0.1) is 0 Å². The second-order valence-corrected chi connectivity index (χ2v) is 6.62. The molecule has 1 heterocycles. The molecule has 6 heteroatoms. The highest BCUT2D eigenvalue weighted by molar-refractivity contribution is 6.68. The first-order chi connectivity index (χ1) is 8.00. The van der Waals surface area contributed by atoms with Gasteiger partial charge in [-0.2, -0.15) is 5.10 Å².